The summed E-state index contributed by atoms with van der Waals surface area (Å²) in [5.41, 5.74) is 0.208. The molecule has 7 heavy (non-hydrogen) atoms. The summed E-state index contributed by atoms with van der Waals surface area (Å²) in [6.45, 7) is 0. The molecule has 0 saturated heterocycles. The van der Waals surface area contributed by atoms with Gasteiger partial charge in [0.1, 0.15) is 0 Å². The lowest BCUT2D eigenvalue weighted by Gasteiger charge is -1.64. The summed E-state index contributed by atoms with van der Waals surface area (Å²) in [5.74, 6) is 1.55. The maximum atomic E-state index is 9.62. The lowest BCUT2D eigenvalue weighted by Crippen LogP contribution is -1.70. The third-order valence-electron chi connectivity index (χ3n) is 0.520. The van der Waals surface area contributed by atoms with Gasteiger partial charge in [-0.2, -0.15) is 0 Å². The molecule has 0 aliphatic carbocycles. The van der Waals surface area contributed by atoms with Gasteiger partial charge >= 0.3 is 0 Å². The molecule has 0 atom stereocenters. The number of hydrogen-bond acceptors (Lipinski definition) is 3. The molecule has 0 saturated carbocycles. The molecular formula is C4HN2O. The van der Waals surface area contributed by atoms with E-state index < -0.39 is 0 Å². The quantitative estimate of drug-likeness (QED) is 0.379. The molecule has 3 nitrogen and oxygen atoms in total. The zero-order valence-electron chi connectivity index (χ0n) is 3.38. The topological polar surface area (TPSA) is 41.8 Å². The summed E-state index contributed by atoms with van der Waals surface area (Å²) in [5, 5.41) is 0. The molecule has 0 unspecified atom stereocenters. The van der Waals surface area contributed by atoms with Crippen molar-refractivity contribution in [1.82, 2.24) is 0 Å². The first-order chi connectivity index (χ1) is 3.43. The van der Waals surface area contributed by atoms with Crippen molar-refractivity contribution < 1.29 is 4.79 Å². The van der Waals surface area contributed by atoms with Crippen molar-refractivity contribution in [1.29, 1.82) is 0 Å². The van der Waals surface area contributed by atoms with E-state index in [2.05, 4.69) is 16.3 Å². The van der Waals surface area contributed by atoms with Crippen LogP contribution in [0.1, 0.15) is 0 Å². The Morgan fingerprint density at radius 2 is 2.71 bits per heavy atom. The molecule has 0 N–H and O–H groups in total. The second-order valence-electron chi connectivity index (χ2n) is 0.957. The molecule has 33 valence electrons. The Kier molecular flexibility index (Phi) is 0.845. The Balaban J connectivity index is 3.00. The highest BCUT2D eigenvalue weighted by Gasteiger charge is 1.91. The number of hydrogen-bond donors (Lipinski definition) is 0. The predicted molar refractivity (Wildman–Crippen MR) is 25.1 cm³/mol. The summed E-state index contributed by atoms with van der Waals surface area (Å²) in [4.78, 5) is 16.4. The minimum atomic E-state index is 0.208. The summed E-state index contributed by atoms with van der Waals surface area (Å²) < 4.78 is 0. The van der Waals surface area contributed by atoms with Gasteiger partial charge < -0.3 is 0 Å². The molecule has 1 aliphatic rings. The van der Waals surface area contributed by atoms with Crippen molar-refractivity contribution in [2.45, 2.75) is 0 Å². The highest BCUT2D eigenvalue weighted by atomic mass is 16.1. The van der Waals surface area contributed by atoms with E-state index in [1.807, 2.05) is 0 Å². The smallest absolute Gasteiger partial charge is 0.199 e. The second-order valence-corrected chi connectivity index (χ2v) is 0.957. The zero-order chi connectivity index (χ0) is 5.11. The van der Waals surface area contributed by atoms with Crippen LogP contribution in [0.15, 0.2) is 15.7 Å². The molecule has 3 heteroatoms. The van der Waals surface area contributed by atoms with Crippen molar-refractivity contribution >= 4 is 18.5 Å². The summed E-state index contributed by atoms with van der Waals surface area (Å²) in [6, 6.07) is 0. The largest absolute Gasteiger partial charge is 0.231 e. The van der Waals surface area contributed by atoms with Gasteiger partial charge in [0.25, 0.3) is 0 Å². The Morgan fingerprint density at radius 1 is 1.86 bits per heavy atom. The molecule has 0 aromatic rings. The van der Waals surface area contributed by atoms with Crippen LogP contribution in [-0.2, 0) is 4.79 Å². The van der Waals surface area contributed by atoms with E-state index in [0.29, 0.717) is 0 Å². The van der Waals surface area contributed by atoms with E-state index in [4.69, 9.17) is 0 Å². The molecule has 1 radical (unpaired) electrons. The molecule has 0 bridgehead atoms. The Bertz CT molecular complexity index is 160. The molecule has 0 aromatic heterocycles. The van der Waals surface area contributed by atoms with Crippen molar-refractivity contribution in [3.63, 3.8) is 0 Å². The standard InChI is InChI=1S/C4HN2O/c7-2-4-1-5-3-6-4/h1H. The third-order valence-corrected chi connectivity index (χ3v) is 0.520. The minimum absolute atomic E-state index is 0.208. The lowest BCUT2D eigenvalue weighted by atomic mass is 10.6. The monoisotopic (exact) mass is 93.0 g/mol. The first kappa shape index (κ1) is 3.96. The van der Waals surface area contributed by atoms with E-state index in [0.717, 1.165) is 0 Å². The van der Waals surface area contributed by atoms with Crippen LogP contribution in [0.3, 0.4) is 0 Å². The third kappa shape index (κ3) is 0.614. The number of aliphatic imine (C=N–C) groups is 2. The first-order valence-corrected chi connectivity index (χ1v) is 1.67. The van der Waals surface area contributed by atoms with E-state index in [-0.39, 0.29) is 5.70 Å². The molecule has 0 aromatic carbocycles. The fourth-order valence-corrected chi connectivity index (χ4v) is 0.251. The fourth-order valence-electron chi connectivity index (χ4n) is 0.251. The first-order valence-electron chi connectivity index (χ1n) is 1.67. The van der Waals surface area contributed by atoms with Gasteiger partial charge in [-0.25, -0.2) is 14.8 Å². The van der Waals surface area contributed by atoms with Crippen molar-refractivity contribution in [3.05, 3.63) is 5.70 Å². The van der Waals surface area contributed by atoms with Crippen LogP contribution in [0.2, 0.25) is 0 Å². The van der Waals surface area contributed by atoms with E-state index in [9.17, 15) is 4.79 Å². The normalized spacial score (nSPS) is 15.1. The summed E-state index contributed by atoms with van der Waals surface area (Å²) in [7, 11) is 0. The van der Waals surface area contributed by atoms with E-state index in [1.165, 1.54) is 6.21 Å². The van der Waals surface area contributed by atoms with Crippen LogP contribution in [0, 0.1) is 0 Å². The SMILES string of the molecule is O=C=C1C=N[C]=N1. The van der Waals surface area contributed by atoms with Gasteiger partial charge in [-0.3, -0.25) is 0 Å². The van der Waals surface area contributed by atoms with Crippen LogP contribution < -0.4 is 0 Å². The molecule has 0 fully saturated rings. The maximum Gasteiger partial charge on any atom is 0.199 e. The minimum Gasteiger partial charge on any atom is -0.231 e. The van der Waals surface area contributed by atoms with Crippen molar-refractivity contribution in [2.75, 3.05) is 0 Å². The molecule has 0 amide bonds. The Morgan fingerprint density at radius 3 is 3.00 bits per heavy atom. The van der Waals surface area contributed by atoms with Crippen LogP contribution in [0.25, 0.3) is 0 Å². The molecule has 1 aliphatic heterocycles. The van der Waals surface area contributed by atoms with Gasteiger partial charge in [-0.15, -0.1) is 0 Å². The van der Waals surface area contributed by atoms with Gasteiger partial charge in [0.15, 0.2) is 18.0 Å². The van der Waals surface area contributed by atoms with E-state index >= 15 is 0 Å². The van der Waals surface area contributed by atoms with Crippen molar-refractivity contribution in [3.8, 4) is 0 Å². The van der Waals surface area contributed by atoms with Crippen molar-refractivity contribution in [2.24, 2.45) is 9.98 Å². The number of rotatable bonds is 0. The van der Waals surface area contributed by atoms with Crippen LogP contribution >= 0.6 is 0 Å². The summed E-state index contributed by atoms with van der Waals surface area (Å²) in [6.07, 6.45) is 3.52. The van der Waals surface area contributed by atoms with Gasteiger partial charge in [-0.1, -0.05) is 0 Å². The Hall–Kier alpha value is -1.21. The lowest BCUT2D eigenvalue weighted by molar-refractivity contribution is 0.568. The highest BCUT2D eigenvalue weighted by Crippen LogP contribution is 1.89. The number of carbonyl (C=O) groups excluding carboxylic acids is 1. The van der Waals surface area contributed by atoms with Gasteiger partial charge in [-0.05, 0) is 0 Å². The maximum absolute atomic E-state index is 9.62. The Labute approximate surface area is 40.1 Å². The predicted octanol–water partition coefficient (Wildman–Crippen LogP) is -0.308. The van der Waals surface area contributed by atoms with E-state index in [1.54, 1.807) is 5.94 Å². The number of nitrogens with zero attached hydrogens (tertiary/aromatic N) is 2. The second kappa shape index (κ2) is 1.49. The summed E-state index contributed by atoms with van der Waals surface area (Å²) >= 11 is 0. The number of allylic oxidation sites excluding steroid dienone is 1. The average molecular weight is 93.1 g/mol. The molecule has 0 spiro atoms. The van der Waals surface area contributed by atoms with Gasteiger partial charge in [0.05, 0.1) is 6.21 Å². The van der Waals surface area contributed by atoms with Crippen LogP contribution in [0.5, 0.6) is 0 Å². The van der Waals surface area contributed by atoms with Gasteiger partial charge in [0, 0.05) is 0 Å². The molecular weight excluding hydrogens is 92.1 g/mol. The van der Waals surface area contributed by atoms with Crippen LogP contribution in [0.4, 0.5) is 0 Å². The van der Waals surface area contributed by atoms with Gasteiger partial charge in [0.2, 0.25) is 0 Å². The molecule has 1 rings (SSSR count). The van der Waals surface area contributed by atoms with Crippen LogP contribution in [-0.4, -0.2) is 18.5 Å². The molecule has 1 heterocycles. The average Bonchev–Trinajstić information content (AvgIpc) is 2.14. The highest BCUT2D eigenvalue weighted by molar-refractivity contribution is 5.98. The zero-order valence-corrected chi connectivity index (χ0v) is 3.38. The fraction of sp³-hybridized carbons (Fsp3) is 0.